The van der Waals surface area contributed by atoms with Crippen LogP contribution >= 0.6 is 0 Å². The average molecular weight is 424 g/mol. The van der Waals surface area contributed by atoms with E-state index >= 15 is 0 Å². The highest BCUT2D eigenvalue weighted by Crippen LogP contribution is 2.39. The van der Waals surface area contributed by atoms with Gasteiger partial charge in [0.2, 0.25) is 5.75 Å². The Morgan fingerprint density at radius 1 is 1.03 bits per heavy atom. The first-order valence-electron chi connectivity index (χ1n) is 9.63. The third-order valence-electron chi connectivity index (χ3n) is 4.65. The normalized spacial score (nSPS) is 13.4. The van der Waals surface area contributed by atoms with Gasteiger partial charge in [-0.1, -0.05) is 30.3 Å². The molecule has 0 radical (unpaired) electrons. The summed E-state index contributed by atoms with van der Waals surface area (Å²) < 4.78 is 40.3. The number of halogens is 2. The van der Waals surface area contributed by atoms with E-state index in [0.717, 1.165) is 11.1 Å². The Bertz CT molecular complexity index is 750. The van der Waals surface area contributed by atoms with Crippen molar-refractivity contribution < 1.29 is 28.1 Å². The monoisotopic (exact) mass is 424 g/mol. The van der Waals surface area contributed by atoms with Crippen LogP contribution in [0.15, 0.2) is 42.5 Å². The quantitative estimate of drug-likeness (QED) is 0.545. The highest BCUT2D eigenvalue weighted by Gasteiger charge is 2.22. The van der Waals surface area contributed by atoms with Crippen molar-refractivity contribution in [2.24, 2.45) is 5.92 Å². The van der Waals surface area contributed by atoms with Gasteiger partial charge in [-0.15, -0.1) is 0 Å². The molecule has 0 bridgehead atoms. The zero-order valence-corrected chi connectivity index (χ0v) is 17.8. The summed E-state index contributed by atoms with van der Waals surface area (Å²) in [4.78, 5) is 2.03. The smallest absolute Gasteiger partial charge is 0.387 e. The highest BCUT2D eigenvalue weighted by atomic mass is 19.3. The predicted octanol–water partition coefficient (Wildman–Crippen LogP) is 3.31. The van der Waals surface area contributed by atoms with E-state index in [0.29, 0.717) is 19.6 Å². The van der Waals surface area contributed by atoms with E-state index in [4.69, 9.17) is 9.47 Å². The van der Waals surface area contributed by atoms with Gasteiger partial charge in [0.1, 0.15) is 0 Å². The van der Waals surface area contributed by atoms with Crippen LogP contribution in [0.4, 0.5) is 8.78 Å². The molecule has 0 spiro atoms. The molecule has 2 aromatic carbocycles. The Labute approximate surface area is 176 Å². The van der Waals surface area contributed by atoms with Crippen LogP contribution in [-0.2, 0) is 6.54 Å². The molecule has 6 nitrogen and oxygen atoms in total. The van der Waals surface area contributed by atoms with Crippen LogP contribution in [0, 0.1) is 5.92 Å². The molecule has 2 atom stereocenters. The number of rotatable bonds is 12. The second kappa shape index (κ2) is 11.7. The molecule has 0 amide bonds. The second-order valence-electron chi connectivity index (χ2n) is 7.22. The van der Waals surface area contributed by atoms with Crippen LogP contribution in [0.5, 0.6) is 17.2 Å². The molecule has 166 valence electrons. The van der Waals surface area contributed by atoms with Crippen molar-refractivity contribution in [2.75, 3.05) is 41.4 Å². The van der Waals surface area contributed by atoms with Gasteiger partial charge in [0, 0.05) is 25.6 Å². The molecule has 0 saturated carbocycles. The van der Waals surface area contributed by atoms with Gasteiger partial charge in [-0.2, -0.15) is 8.78 Å². The van der Waals surface area contributed by atoms with Crippen molar-refractivity contribution in [3.05, 3.63) is 53.6 Å². The van der Waals surface area contributed by atoms with Gasteiger partial charge in [0.25, 0.3) is 0 Å². The first-order valence-corrected chi connectivity index (χ1v) is 9.63. The first kappa shape index (κ1) is 23.9. The first-order chi connectivity index (χ1) is 14.3. The van der Waals surface area contributed by atoms with Gasteiger partial charge in [-0.25, -0.2) is 0 Å². The van der Waals surface area contributed by atoms with Gasteiger partial charge < -0.3 is 29.5 Å². The molecule has 0 aromatic heterocycles. The van der Waals surface area contributed by atoms with Crippen molar-refractivity contribution in [1.82, 2.24) is 10.2 Å². The lowest BCUT2D eigenvalue weighted by Gasteiger charge is -2.27. The lowest BCUT2D eigenvalue weighted by molar-refractivity contribution is -0.0526. The van der Waals surface area contributed by atoms with E-state index in [1.54, 1.807) is 12.1 Å². The number of hydrogen-bond donors (Lipinski definition) is 2. The average Bonchev–Trinajstić information content (AvgIpc) is 2.73. The Balaban J connectivity index is 2.10. The Hall–Kier alpha value is -2.42. The zero-order chi connectivity index (χ0) is 22.1. The van der Waals surface area contributed by atoms with Crippen LogP contribution in [0.2, 0.25) is 0 Å². The Morgan fingerprint density at radius 2 is 1.63 bits per heavy atom. The number of nitrogens with zero attached hydrogens (tertiary/aromatic N) is 1. The fraction of sp³-hybridized carbons (Fsp3) is 0.455. The number of ether oxygens (including phenoxy) is 3. The van der Waals surface area contributed by atoms with Crippen LogP contribution in [0.3, 0.4) is 0 Å². The van der Waals surface area contributed by atoms with Crippen molar-refractivity contribution in [1.29, 1.82) is 0 Å². The minimum atomic E-state index is -2.98. The molecule has 2 unspecified atom stereocenters. The second-order valence-corrected chi connectivity index (χ2v) is 7.22. The predicted molar refractivity (Wildman–Crippen MR) is 111 cm³/mol. The highest BCUT2D eigenvalue weighted by molar-refractivity contribution is 5.53. The molecule has 8 heteroatoms. The summed E-state index contributed by atoms with van der Waals surface area (Å²) in [5, 5.41) is 14.2. The van der Waals surface area contributed by atoms with E-state index in [9.17, 15) is 13.9 Å². The Morgan fingerprint density at radius 3 is 2.13 bits per heavy atom. The molecular formula is C22H30F2N2O4. The van der Waals surface area contributed by atoms with Crippen molar-refractivity contribution >= 4 is 0 Å². The van der Waals surface area contributed by atoms with E-state index in [2.05, 4.69) is 10.1 Å². The topological polar surface area (TPSA) is 63.2 Å². The van der Waals surface area contributed by atoms with E-state index < -0.39 is 12.7 Å². The standard InChI is InChI=1S/C22H30F2N2O4/c1-26(2)14-17(20(27)16-8-6-5-7-9-16)13-25-12-15-10-18(28-3)21(30-22(23)24)19(11-15)29-4/h5-11,17,20,22,25,27H,12-14H2,1-4H3. The molecule has 0 aliphatic heterocycles. The molecule has 0 heterocycles. The van der Waals surface area contributed by atoms with Crippen LogP contribution < -0.4 is 19.5 Å². The molecule has 30 heavy (non-hydrogen) atoms. The lowest BCUT2D eigenvalue weighted by atomic mass is 9.95. The summed E-state index contributed by atoms with van der Waals surface area (Å²) in [7, 11) is 6.69. The zero-order valence-electron chi connectivity index (χ0n) is 17.8. The number of alkyl halides is 2. The number of methoxy groups -OCH3 is 2. The van der Waals surface area contributed by atoms with Gasteiger partial charge in [-0.3, -0.25) is 0 Å². The number of benzene rings is 2. The molecule has 2 N–H and O–H groups in total. The fourth-order valence-corrected chi connectivity index (χ4v) is 3.31. The minimum absolute atomic E-state index is 0.0485. The molecule has 0 saturated heterocycles. The van der Waals surface area contributed by atoms with Gasteiger partial charge in [0.15, 0.2) is 11.5 Å². The maximum absolute atomic E-state index is 12.7. The summed E-state index contributed by atoms with van der Waals surface area (Å²) in [5.74, 6) is 0.151. The summed E-state index contributed by atoms with van der Waals surface area (Å²) in [5.41, 5.74) is 1.64. The van der Waals surface area contributed by atoms with Gasteiger partial charge in [-0.05, 0) is 37.4 Å². The fourth-order valence-electron chi connectivity index (χ4n) is 3.31. The molecular weight excluding hydrogens is 394 g/mol. The van der Waals surface area contributed by atoms with Crippen LogP contribution in [0.25, 0.3) is 0 Å². The number of hydrogen-bond acceptors (Lipinski definition) is 6. The third kappa shape index (κ3) is 6.83. The van der Waals surface area contributed by atoms with E-state index in [-0.39, 0.29) is 23.2 Å². The molecule has 2 rings (SSSR count). The Kier molecular flexibility index (Phi) is 9.29. The molecule has 0 fully saturated rings. The summed E-state index contributed by atoms with van der Waals surface area (Å²) >= 11 is 0. The largest absolute Gasteiger partial charge is 0.493 e. The van der Waals surface area contributed by atoms with E-state index in [1.165, 1.54) is 14.2 Å². The number of nitrogens with one attached hydrogen (secondary N) is 1. The van der Waals surface area contributed by atoms with Crippen molar-refractivity contribution in [3.63, 3.8) is 0 Å². The van der Waals surface area contributed by atoms with Crippen molar-refractivity contribution in [3.8, 4) is 17.2 Å². The maximum atomic E-state index is 12.7. The summed E-state index contributed by atoms with van der Waals surface area (Å²) in [6, 6.07) is 12.8. The molecule has 0 aliphatic rings. The lowest BCUT2D eigenvalue weighted by Crippen LogP contribution is -2.34. The van der Waals surface area contributed by atoms with Crippen molar-refractivity contribution in [2.45, 2.75) is 19.3 Å². The third-order valence-corrected chi connectivity index (χ3v) is 4.65. The summed E-state index contributed by atoms with van der Waals surface area (Å²) in [6.07, 6.45) is -0.619. The molecule has 0 aliphatic carbocycles. The van der Waals surface area contributed by atoms with Crippen LogP contribution in [-0.4, -0.2) is 58.0 Å². The van der Waals surface area contributed by atoms with Gasteiger partial charge in [0.05, 0.1) is 20.3 Å². The summed E-state index contributed by atoms with van der Waals surface area (Å²) in [6.45, 7) is -1.30. The minimum Gasteiger partial charge on any atom is -0.493 e. The maximum Gasteiger partial charge on any atom is 0.387 e. The number of aliphatic hydroxyl groups is 1. The number of aliphatic hydroxyl groups excluding tert-OH is 1. The van der Waals surface area contributed by atoms with Crippen LogP contribution in [0.1, 0.15) is 17.2 Å². The SMILES string of the molecule is COc1cc(CNCC(CN(C)C)C(O)c2ccccc2)cc(OC)c1OC(F)F. The van der Waals surface area contributed by atoms with Gasteiger partial charge >= 0.3 is 6.61 Å². The van der Waals surface area contributed by atoms with E-state index in [1.807, 2.05) is 49.3 Å². The molecule has 2 aromatic rings.